The minimum absolute atomic E-state index is 0.323. The van der Waals surface area contributed by atoms with Gasteiger partial charge in [0, 0.05) is 31.7 Å². The molecule has 5 nitrogen and oxygen atoms in total. The van der Waals surface area contributed by atoms with Gasteiger partial charge in [0.15, 0.2) is 0 Å². The van der Waals surface area contributed by atoms with Crippen molar-refractivity contribution in [2.24, 2.45) is 0 Å². The highest BCUT2D eigenvalue weighted by Gasteiger charge is 2.37. The smallest absolute Gasteiger partial charge is 0.218 e. The van der Waals surface area contributed by atoms with Gasteiger partial charge < -0.3 is 5.32 Å². The molecule has 118 valence electrons. The van der Waals surface area contributed by atoms with Gasteiger partial charge in [-0.2, -0.15) is 0 Å². The minimum Gasteiger partial charge on any atom is -0.313 e. The molecule has 2 saturated heterocycles. The zero-order valence-corrected chi connectivity index (χ0v) is 13.8. The van der Waals surface area contributed by atoms with E-state index in [1.165, 1.54) is 12.8 Å². The van der Waals surface area contributed by atoms with Gasteiger partial charge in [-0.3, -0.25) is 4.90 Å². The number of likely N-dealkylation sites (tertiary alicyclic amines) is 1. The Labute approximate surface area is 123 Å². The van der Waals surface area contributed by atoms with E-state index in [1.54, 1.807) is 4.31 Å². The highest BCUT2D eigenvalue weighted by Crippen LogP contribution is 2.23. The van der Waals surface area contributed by atoms with Crippen LogP contribution in [0.3, 0.4) is 0 Å². The van der Waals surface area contributed by atoms with E-state index in [0.29, 0.717) is 31.7 Å². The zero-order valence-electron chi connectivity index (χ0n) is 13.0. The SMILES string of the molecule is CC(C)NCC(C)S(=O)(=O)N1CCC(N2CCCC2)C1. The molecule has 0 bridgehead atoms. The average molecular weight is 303 g/mol. The van der Waals surface area contributed by atoms with Gasteiger partial charge in [-0.15, -0.1) is 0 Å². The molecule has 0 aliphatic carbocycles. The lowest BCUT2D eigenvalue weighted by Crippen LogP contribution is -2.44. The van der Waals surface area contributed by atoms with Crippen molar-refractivity contribution in [1.82, 2.24) is 14.5 Å². The van der Waals surface area contributed by atoms with Crippen molar-refractivity contribution in [3.8, 4) is 0 Å². The summed E-state index contributed by atoms with van der Waals surface area (Å²) >= 11 is 0. The van der Waals surface area contributed by atoms with Crippen LogP contribution in [0.4, 0.5) is 0 Å². The highest BCUT2D eigenvalue weighted by atomic mass is 32.2. The van der Waals surface area contributed by atoms with E-state index in [4.69, 9.17) is 0 Å². The van der Waals surface area contributed by atoms with E-state index in [0.717, 1.165) is 19.5 Å². The molecule has 0 radical (unpaired) electrons. The van der Waals surface area contributed by atoms with E-state index in [2.05, 4.69) is 10.2 Å². The van der Waals surface area contributed by atoms with Crippen molar-refractivity contribution in [1.29, 1.82) is 0 Å². The quantitative estimate of drug-likeness (QED) is 0.791. The summed E-state index contributed by atoms with van der Waals surface area (Å²) in [6, 6.07) is 0.765. The fraction of sp³-hybridized carbons (Fsp3) is 1.00. The third kappa shape index (κ3) is 3.72. The van der Waals surface area contributed by atoms with Crippen molar-refractivity contribution in [3.63, 3.8) is 0 Å². The Balaban J connectivity index is 1.90. The highest BCUT2D eigenvalue weighted by molar-refractivity contribution is 7.89. The second-order valence-electron chi connectivity index (χ2n) is 6.46. The number of hydrogen-bond acceptors (Lipinski definition) is 4. The van der Waals surface area contributed by atoms with Crippen LogP contribution >= 0.6 is 0 Å². The number of hydrogen-bond donors (Lipinski definition) is 1. The molecule has 0 aromatic rings. The Kier molecular flexibility index (Phi) is 5.45. The zero-order chi connectivity index (χ0) is 14.8. The number of nitrogens with one attached hydrogen (secondary N) is 1. The normalized spacial score (nSPS) is 27.5. The number of rotatable bonds is 6. The molecule has 2 rings (SSSR count). The second kappa shape index (κ2) is 6.73. The van der Waals surface area contributed by atoms with E-state index in [9.17, 15) is 8.42 Å². The summed E-state index contributed by atoms with van der Waals surface area (Å²) in [5, 5.41) is 2.88. The first-order chi connectivity index (χ1) is 9.41. The van der Waals surface area contributed by atoms with Crippen LogP contribution in [-0.4, -0.2) is 67.7 Å². The maximum absolute atomic E-state index is 12.6. The lowest BCUT2D eigenvalue weighted by Gasteiger charge is -2.25. The third-order valence-electron chi connectivity index (χ3n) is 4.47. The van der Waals surface area contributed by atoms with Gasteiger partial charge in [0.25, 0.3) is 0 Å². The van der Waals surface area contributed by atoms with Crippen molar-refractivity contribution < 1.29 is 8.42 Å². The van der Waals surface area contributed by atoms with Gasteiger partial charge in [-0.05, 0) is 39.3 Å². The van der Waals surface area contributed by atoms with Crippen LogP contribution in [-0.2, 0) is 10.0 Å². The molecule has 6 heteroatoms. The van der Waals surface area contributed by atoms with Gasteiger partial charge in [0.1, 0.15) is 0 Å². The molecule has 20 heavy (non-hydrogen) atoms. The van der Waals surface area contributed by atoms with Crippen molar-refractivity contribution in [2.45, 2.75) is 57.4 Å². The molecule has 0 aromatic heterocycles. The molecule has 2 aliphatic rings. The van der Waals surface area contributed by atoms with Crippen LogP contribution in [0.2, 0.25) is 0 Å². The minimum atomic E-state index is -3.15. The van der Waals surface area contributed by atoms with Crippen LogP contribution in [0.5, 0.6) is 0 Å². The topological polar surface area (TPSA) is 52.7 Å². The predicted molar refractivity (Wildman–Crippen MR) is 82.3 cm³/mol. The van der Waals surface area contributed by atoms with Crippen LogP contribution in [0.1, 0.15) is 40.0 Å². The van der Waals surface area contributed by atoms with E-state index >= 15 is 0 Å². The largest absolute Gasteiger partial charge is 0.313 e. The summed E-state index contributed by atoms with van der Waals surface area (Å²) in [7, 11) is -3.15. The predicted octanol–water partition coefficient (Wildman–Crippen LogP) is 0.873. The van der Waals surface area contributed by atoms with Gasteiger partial charge in [0.2, 0.25) is 10.0 Å². The first kappa shape index (κ1) is 16.2. The number of nitrogens with zero attached hydrogens (tertiary/aromatic N) is 2. The third-order valence-corrected chi connectivity index (χ3v) is 6.70. The molecule has 0 aromatic carbocycles. The monoisotopic (exact) mass is 303 g/mol. The molecular weight excluding hydrogens is 274 g/mol. The van der Waals surface area contributed by atoms with Gasteiger partial charge >= 0.3 is 0 Å². The Morgan fingerprint density at radius 2 is 1.80 bits per heavy atom. The Bertz CT molecular complexity index is 405. The summed E-state index contributed by atoms with van der Waals surface area (Å²) in [6.45, 7) is 10.1. The Hall–Kier alpha value is -0.170. The lowest BCUT2D eigenvalue weighted by atomic mass is 10.2. The molecule has 2 aliphatic heterocycles. The standard InChI is InChI=1S/C14H29N3O2S/c1-12(2)15-10-13(3)20(18,19)17-9-6-14(11-17)16-7-4-5-8-16/h12-15H,4-11H2,1-3H3. The average Bonchev–Trinajstić information content (AvgIpc) is 3.05. The molecule has 1 N–H and O–H groups in total. The maximum Gasteiger partial charge on any atom is 0.218 e. The second-order valence-corrected chi connectivity index (χ2v) is 8.81. The van der Waals surface area contributed by atoms with Crippen molar-refractivity contribution >= 4 is 10.0 Å². The Morgan fingerprint density at radius 3 is 2.40 bits per heavy atom. The van der Waals surface area contributed by atoms with E-state index in [-0.39, 0.29) is 5.25 Å². The summed E-state index contributed by atoms with van der Waals surface area (Å²) in [4.78, 5) is 2.46. The van der Waals surface area contributed by atoms with E-state index < -0.39 is 10.0 Å². The van der Waals surface area contributed by atoms with Gasteiger partial charge in [0.05, 0.1) is 5.25 Å². The first-order valence-electron chi connectivity index (χ1n) is 7.87. The van der Waals surface area contributed by atoms with Crippen LogP contribution in [0, 0.1) is 0 Å². The molecule has 0 amide bonds. The summed E-state index contributed by atoms with van der Waals surface area (Å²) in [5.74, 6) is 0. The first-order valence-corrected chi connectivity index (χ1v) is 9.38. The summed E-state index contributed by atoms with van der Waals surface area (Å²) in [6.07, 6.45) is 3.51. The molecule has 2 atom stereocenters. The maximum atomic E-state index is 12.6. The fourth-order valence-electron chi connectivity index (χ4n) is 3.11. The summed E-state index contributed by atoms with van der Waals surface area (Å²) < 4.78 is 26.9. The Morgan fingerprint density at radius 1 is 1.15 bits per heavy atom. The lowest BCUT2D eigenvalue weighted by molar-refractivity contribution is 0.250. The molecule has 2 unspecified atom stereocenters. The molecule has 2 heterocycles. The van der Waals surface area contributed by atoms with Crippen LogP contribution < -0.4 is 5.32 Å². The van der Waals surface area contributed by atoms with Crippen LogP contribution in [0.15, 0.2) is 0 Å². The van der Waals surface area contributed by atoms with Crippen LogP contribution in [0.25, 0.3) is 0 Å². The van der Waals surface area contributed by atoms with Crippen molar-refractivity contribution in [3.05, 3.63) is 0 Å². The fourth-order valence-corrected chi connectivity index (χ4v) is 4.66. The molecule has 0 spiro atoms. The number of sulfonamides is 1. The van der Waals surface area contributed by atoms with Crippen molar-refractivity contribution in [2.75, 3.05) is 32.7 Å². The summed E-state index contributed by atoms with van der Waals surface area (Å²) in [5.41, 5.74) is 0. The molecule has 0 saturated carbocycles. The van der Waals surface area contributed by atoms with Gasteiger partial charge in [-0.25, -0.2) is 12.7 Å². The molecule has 2 fully saturated rings. The van der Waals surface area contributed by atoms with Gasteiger partial charge in [-0.1, -0.05) is 13.8 Å². The van der Waals surface area contributed by atoms with E-state index in [1.807, 2.05) is 20.8 Å². The molecular formula is C14H29N3O2S.